The lowest BCUT2D eigenvalue weighted by atomic mass is 9.87. The highest BCUT2D eigenvalue weighted by Gasteiger charge is 2.53. The molecular weight excluding hydrogens is 288 g/mol. The Labute approximate surface area is 132 Å². The Bertz CT molecular complexity index is 394. The molecule has 1 rings (SSSR count). The molecule has 1 fully saturated rings. The lowest BCUT2D eigenvalue weighted by molar-refractivity contribution is -0.172. The second kappa shape index (κ2) is 7.44. The second-order valence-corrected chi connectivity index (χ2v) is 6.22. The van der Waals surface area contributed by atoms with Gasteiger partial charge in [-0.25, -0.2) is 0 Å². The zero-order valence-corrected chi connectivity index (χ0v) is 14.1. The van der Waals surface area contributed by atoms with E-state index in [0.29, 0.717) is 6.42 Å². The monoisotopic (exact) mass is 316 g/mol. The van der Waals surface area contributed by atoms with Crippen LogP contribution in [0.1, 0.15) is 47.0 Å². The predicted molar refractivity (Wildman–Crippen MR) is 81.1 cm³/mol. The molecule has 0 bridgehead atoms. The first-order valence-electron chi connectivity index (χ1n) is 7.58. The van der Waals surface area contributed by atoms with E-state index in [2.05, 4.69) is 11.3 Å². The van der Waals surface area contributed by atoms with Gasteiger partial charge in [0.25, 0.3) is 0 Å². The van der Waals surface area contributed by atoms with Crippen molar-refractivity contribution in [1.29, 1.82) is 0 Å². The number of rotatable bonds is 8. The fraction of sp³-hybridized carbons (Fsp3) is 0.812. The van der Waals surface area contributed by atoms with Gasteiger partial charge in [0.05, 0.1) is 25.9 Å². The minimum Gasteiger partial charge on any atom is -0.493 e. The Kier molecular flexibility index (Phi) is 6.40. The van der Waals surface area contributed by atoms with Crippen molar-refractivity contribution in [2.75, 3.05) is 7.11 Å². The Morgan fingerprint density at radius 2 is 2.14 bits per heavy atom. The summed E-state index contributed by atoms with van der Waals surface area (Å²) in [5.41, 5.74) is -0.702. The van der Waals surface area contributed by atoms with E-state index >= 15 is 0 Å². The van der Waals surface area contributed by atoms with Crippen LogP contribution in [-0.2, 0) is 23.7 Å². The third-order valence-corrected chi connectivity index (χ3v) is 3.81. The van der Waals surface area contributed by atoms with Crippen LogP contribution < -0.4 is 0 Å². The van der Waals surface area contributed by atoms with E-state index in [4.69, 9.17) is 14.2 Å². The van der Waals surface area contributed by atoms with Gasteiger partial charge in [-0.1, -0.05) is 19.9 Å². The summed E-state index contributed by atoms with van der Waals surface area (Å²) < 4.78 is 22.1. The highest BCUT2D eigenvalue weighted by molar-refractivity contribution is 5.69. The first-order valence-corrected chi connectivity index (χ1v) is 7.58. The van der Waals surface area contributed by atoms with E-state index in [1.54, 1.807) is 13.8 Å². The molecule has 1 N–H and O–H groups in total. The summed E-state index contributed by atoms with van der Waals surface area (Å²) in [6.07, 6.45) is 0.519. The molecule has 0 unspecified atom stereocenters. The van der Waals surface area contributed by atoms with Crippen molar-refractivity contribution in [2.24, 2.45) is 0 Å². The fourth-order valence-electron chi connectivity index (χ4n) is 2.87. The van der Waals surface area contributed by atoms with E-state index in [-0.39, 0.29) is 6.42 Å². The molecule has 0 radical (unpaired) electrons. The number of hydrogen-bond donors (Lipinski definition) is 1. The van der Waals surface area contributed by atoms with Crippen LogP contribution >= 0.6 is 0 Å². The van der Waals surface area contributed by atoms with E-state index in [9.17, 15) is 9.90 Å². The number of hydrogen-bond acceptors (Lipinski definition) is 6. The molecule has 4 atom stereocenters. The quantitative estimate of drug-likeness (QED) is 0.546. The standard InChI is InChI=1S/C16H28O6/c1-7-9-16(5,20-8-2)14-13(21-15(3,4)22-14)11(17)10-12(18)19-6/h8,11,13-14,17H,2,7,9-10H2,1,3-6H3/t11-,13+,14-,16-/m0/s1. The largest absolute Gasteiger partial charge is 0.493 e. The van der Waals surface area contributed by atoms with Crippen LogP contribution in [0.5, 0.6) is 0 Å². The highest BCUT2D eigenvalue weighted by Crippen LogP contribution is 2.39. The average Bonchev–Trinajstić information content (AvgIpc) is 2.76. The molecule has 6 heteroatoms. The van der Waals surface area contributed by atoms with Gasteiger partial charge in [0.2, 0.25) is 0 Å². The van der Waals surface area contributed by atoms with Crippen molar-refractivity contribution in [3.8, 4) is 0 Å². The van der Waals surface area contributed by atoms with E-state index in [0.717, 1.165) is 6.42 Å². The molecule has 1 saturated heterocycles. The summed E-state index contributed by atoms with van der Waals surface area (Å²) in [5.74, 6) is -1.37. The lowest BCUT2D eigenvalue weighted by Gasteiger charge is -2.37. The smallest absolute Gasteiger partial charge is 0.308 e. The van der Waals surface area contributed by atoms with Gasteiger partial charge in [0, 0.05) is 0 Å². The summed E-state index contributed by atoms with van der Waals surface area (Å²) in [6, 6.07) is 0. The number of esters is 1. The Morgan fingerprint density at radius 3 is 2.64 bits per heavy atom. The predicted octanol–water partition coefficient (Wildman–Crippen LogP) is 2.15. The molecule has 22 heavy (non-hydrogen) atoms. The number of carbonyl (C=O) groups is 1. The van der Waals surface area contributed by atoms with Gasteiger partial charge in [0.1, 0.15) is 17.8 Å². The Balaban J connectivity index is 3.01. The minimum absolute atomic E-state index is 0.159. The number of ether oxygens (including phenoxy) is 4. The summed E-state index contributed by atoms with van der Waals surface area (Å²) in [5, 5.41) is 10.4. The van der Waals surface area contributed by atoms with Crippen molar-refractivity contribution >= 4 is 5.97 Å². The average molecular weight is 316 g/mol. The number of carbonyl (C=O) groups excluding carboxylic acids is 1. The van der Waals surface area contributed by atoms with Crippen LogP contribution in [0.4, 0.5) is 0 Å². The third kappa shape index (κ3) is 4.44. The SMILES string of the molecule is C=CO[C@@](C)(CCC)[C@H]1OC(C)(C)O[C@@H]1[C@@H](O)CC(=O)OC. The van der Waals surface area contributed by atoms with Gasteiger partial charge in [-0.3, -0.25) is 4.79 Å². The minimum atomic E-state index is -1.04. The van der Waals surface area contributed by atoms with Crippen LogP contribution in [0.15, 0.2) is 12.8 Å². The summed E-state index contributed by atoms with van der Waals surface area (Å²) in [7, 11) is 1.28. The summed E-state index contributed by atoms with van der Waals surface area (Å²) in [4.78, 5) is 11.4. The van der Waals surface area contributed by atoms with Gasteiger partial charge in [-0.15, -0.1) is 0 Å². The van der Waals surface area contributed by atoms with Crippen LogP contribution in [-0.4, -0.2) is 47.9 Å². The number of methoxy groups -OCH3 is 1. The molecular formula is C16H28O6. The zero-order chi connectivity index (χ0) is 17.0. The summed E-state index contributed by atoms with van der Waals surface area (Å²) >= 11 is 0. The molecule has 0 saturated carbocycles. The molecule has 6 nitrogen and oxygen atoms in total. The molecule has 0 aromatic heterocycles. The summed E-state index contributed by atoms with van der Waals surface area (Å²) in [6.45, 7) is 11.1. The first-order chi connectivity index (χ1) is 10.2. The van der Waals surface area contributed by atoms with Crippen molar-refractivity contribution in [3.63, 3.8) is 0 Å². The lowest BCUT2D eigenvalue weighted by Crippen LogP contribution is -2.51. The van der Waals surface area contributed by atoms with Gasteiger partial charge >= 0.3 is 5.97 Å². The topological polar surface area (TPSA) is 74.2 Å². The van der Waals surface area contributed by atoms with Crippen molar-refractivity contribution in [1.82, 2.24) is 0 Å². The van der Waals surface area contributed by atoms with Crippen LogP contribution in [0, 0.1) is 0 Å². The Morgan fingerprint density at radius 1 is 1.50 bits per heavy atom. The molecule has 0 aromatic carbocycles. The van der Waals surface area contributed by atoms with Gasteiger partial charge in [-0.05, 0) is 27.2 Å². The maximum absolute atomic E-state index is 11.4. The highest BCUT2D eigenvalue weighted by atomic mass is 16.8. The third-order valence-electron chi connectivity index (χ3n) is 3.81. The molecule has 1 aliphatic rings. The van der Waals surface area contributed by atoms with E-state index < -0.39 is 35.7 Å². The van der Waals surface area contributed by atoms with Gasteiger partial charge in [0.15, 0.2) is 5.79 Å². The maximum Gasteiger partial charge on any atom is 0.308 e. The Hall–Kier alpha value is -1.11. The van der Waals surface area contributed by atoms with Crippen molar-refractivity contribution in [3.05, 3.63) is 12.8 Å². The zero-order valence-electron chi connectivity index (χ0n) is 14.1. The molecule has 0 amide bonds. The van der Waals surface area contributed by atoms with Crippen LogP contribution in [0.2, 0.25) is 0 Å². The van der Waals surface area contributed by atoms with E-state index in [1.165, 1.54) is 13.4 Å². The van der Waals surface area contributed by atoms with Crippen LogP contribution in [0.25, 0.3) is 0 Å². The van der Waals surface area contributed by atoms with Gasteiger partial charge in [-0.2, -0.15) is 0 Å². The van der Waals surface area contributed by atoms with E-state index in [1.807, 2.05) is 13.8 Å². The molecule has 0 aromatic rings. The molecule has 0 aliphatic carbocycles. The second-order valence-electron chi connectivity index (χ2n) is 6.22. The van der Waals surface area contributed by atoms with Crippen molar-refractivity contribution < 1.29 is 28.8 Å². The van der Waals surface area contributed by atoms with Gasteiger partial charge < -0.3 is 24.1 Å². The number of aliphatic hydroxyl groups is 1. The van der Waals surface area contributed by atoms with Crippen LogP contribution in [0.3, 0.4) is 0 Å². The molecule has 128 valence electrons. The number of aliphatic hydroxyl groups excluding tert-OH is 1. The first kappa shape index (κ1) is 18.9. The molecule has 0 spiro atoms. The fourth-order valence-corrected chi connectivity index (χ4v) is 2.87. The maximum atomic E-state index is 11.4. The molecule has 1 heterocycles. The normalized spacial score (nSPS) is 27.7. The molecule has 1 aliphatic heterocycles. The van der Waals surface area contributed by atoms with Crippen molar-refractivity contribution in [2.45, 2.75) is 76.7 Å².